The standard InChI is InChI=1S/C16H21N3O/c1-4-7-20-14-9-13(10-18-11-14)16(17-3)15-8-12(2)5-6-19-15/h5-6,8-11,16-17H,4,7H2,1-3H3. The molecule has 2 rings (SSSR count). The predicted molar refractivity (Wildman–Crippen MR) is 79.9 cm³/mol. The van der Waals surface area contributed by atoms with Gasteiger partial charge in [0, 0.05) is 12.4 Å². The molecule has 0 saturated heterocycles. The van der Waals surface area contributed by atoms with Crippen LogP contribution in [0, 0.1) is 6.92 Å². The number of nitrogens with zero attached hydrogens (tertiary/aromatic N) is 2. The molecule has 2 aromatic heterocycles. The van der Waals surface area contributed by atoms with Crippen LogP contribution in [0.15, 0.2) is 36.8 Å². The summed E-state index contributed by atoms with van der Waals surface area (Å²) >= 11 is 0. The summed E-state index contributed by atoms with van der Waals surface area (Å²) in [5.41, 5.74) is 3.24. The third-order valence-electron chi connectivity index (χ3n) is 3.06. The first-order valence-corrected chi connectivity index (χ1v) is 6.92. The van der Waals surface area contributed by atoms with E-state index >= 15 is 0 Å². The fourth-order valence-electron chi connectivity index (χ4n) is 2.10. The largest absolute Gasteiger partial charge is 0.492 e. The van der Waals surface area contributed by atoms with E-state index in [0.717, 1.165) is 23.4 Å². The van der Waals surface area contributed by atoms with Gasteiger partial charge in [-0.1, -0.05) is 6.92 Å². The molecule has 0 spiro atoms. The summed E-state index contributed by atoms with van der Waals surface area (Å²) < 4.78 is 5.64. The van der Waals surface area contributed by atoms with Crippen LogP contribution < -0.4 is 10.1 Å². The molecule has 0 radical (unpaired) electrons. The molecule has 1 N–H and O–H groups in total. The van der Waals surface area contributed by atoms with Gasteiger partial charge >= 0.3 is 0 Å². The number of ether oxygens (including phenoxy) is 1. The number of hydrogen-bond acceptors (Lipinski definition) is 4. The van der Waals surface area contributed by atoms with Crippen LogP contribution in [-0.2, 0) is 0 Å². The van der Waals surface area contributed by atoms with E-state index in [4.69, 9.17) is 4.74 Å². The van der Waals surface area contributed by atoms with Crippen molar-refractivity contribution in [2.24, 2.45) is 0 Å². The van der Waals surface area contributed by atoms with Crippen molar-refractivity contribution < 1.29 is 4.74 Å². The van der Waals surface area contributed by atoms with Crippen molar-refractivity contribution in [2.45, 2.75) is 26.3 Å². The molecule has 0 aromatic carbocycles. The molecule has 0 fully saturated rings. The third-order valence-corrected chi connectivity index (χ3v) is 3.06. The van der Waals surface area contributed by atoms with Gasteiger partial charge in [-0.3, -0.25) is 9.97 Å². The Morgan fingerprint density at radius 3 is 2.85 bits per heavy atom. The lowest BCUT2D eigenvalue weighted by Gasteiger charge is -2.17. The molecule has 2 aromatic rings. The highest BCUT2D eigenvalue weighted by molar-refractivity contribution is 5.32. The Morgan fingerprint density at radius 1 is 1.30 bits per heavy atom. The van der Waals surface area contributed by atoms with E-state index in [1.807, 2.05) is 31.6 Å². The first-order valence-electron chi connectivity index (χ1n) is 6.92. The Hall–Kier alpha value is -1.94. The summed E-state index contributed by atoms with van der Waals surface area (Å²) in [6.45, 7) is 4.86. The minimum Gasteiger partial charge on any atom is -0.492 e. The first-order chi connectivity index (χ1) is 9.74. The lowest BCUT2D eigenvalue weighted by atomic mass is 10.0. The minimum absolute atomic E-state index is 0.0209. The van der Waals surface area contributed by atoms with Crippen LogP contribution in [0.25, 0.3) is 0 Å². The Kier molecular flexibility index (Phi) is 5.07. The summed E-state index contributed by atoms with van der Waals surface area (Å²) in [5.74, 6) is 0.803. The smallest absolute Gasteiger partial charge is 0.137 e. The molecule has 0 aliphatic heterocycles. The van der Waals surface area contributed by atoms with Crippen molar-refractivity contribution in [3.8, 4) is 5.75 Å². The van der Waals surface area contributed by atoms with E-state index in [-0.39, 0.29) is 6.04 Å². The highest BCUT2D eigenvalue weighted by Crippen LogP contribution is 2.23. The van der Waals surface area contributed by atoms with Crippen molar-refractivity contribution in [1.29, 1.82) is 0 Å². The monoisotopic (exact) mass is 271 g/mol. The summed E-state index contributed by atoms with van der Waals surface area (Å²) in [4.78, 5) is 8.71. The van der Waals surface area contributed by atoms with Gasteiger partial charge in [-0.2, -0.15) is 0 Å². The van der Waals surface area contributed by atoms with Crippen LogP contribution in [0.3, 0.4) is 0 Å². The lowest BCUT2D eigenvalue weighted by Crippen LogP contribution is -2.19. The maximum atomic E-state index is 5.64. The second-order valence-electron chi connectivity index (χ2n) is 4.78. The normalized spacial score (nSPS) is 12.2. The van der Waals surface area contributed by atoms with Crippen LogP contribution in [-0.4, -0.2) is 23.6 Å². The maximum Gasteiger partial charge on any atom is 0.137 e. The number of pyridine rings is 2. The van der Waals surface area contributed by atoms with Crippen LogP contribution in [0.1, 0.15) is 36.2 Å². The van der Waals surface area contributed by atoms with E-state index in [1.165, 1.54) is 5.56 Å². The molecule has 1 atom stereocenters. The lowest BCUT2D eigenvalue weighted by molar-refractivity contribution is 0.315. The van der Waals surface area contributed by atoms with Crippen molar-refractivity contribution in [3.05, 3.63) is 53.6 Å². The van der Waals surface area contributed by atoms with Crippen LogP contribution in [0.2, 0.25) is 0 Å². The van der Waals surface area contributed by atoms with Gasteiger partial charge in [0.1, 0.15) is 5.75 Å². The van der Waals surface area contributed by atoms with Gasteiger partial charge in [0.2, 0.25) is 0 Å². The number of hydrogen-bond donors (Lipinski definition) is 1. The molecule has 20 heavy (non-hydrogen) atoms. The highest BCUT2D eigenvalue weighted by Gasteiger charge is 2.14. The van der Waals surface area contributed by atoms with Gasteiger partial charge in [-0.05, 0) is 49.7 Å². The molecule has 4 heteroatoms. The molecule has 1 unspecified atom stereocenters. The molecule has 0 aliphatic rings. The minimum atomic E-state index is 0.0209. The van der Waals surface area contributed by atoms with E-state index in [1.54, 1.807) is 6.20 Å². The van der Waals surface area contributed by atoms with E-state index in [0.29, 0.717) is 6.61 Å². The average molecular weight is 271 g/mol. The molecule has 106 valence electrons. The molecule has 0 saturated carbocycles. The predicted octanol–water partition coefficient (Wildman–Crippen LogP) is 2.88. The number of aryl methyl sites for hydroxylation is 1. The quantitative estimate of drug-likeness (QED) is 0.877. The molecular weight excluding hydrogens is 250 g/mol. The summed E-state index contributed by atoms with van der Waals surface area (Å²) in [7, 11) is 1.92. The van der Waals surface area contributed by atoms with Crippen molar-refractivity contribution >= 4 is 0 Å². The third kappa shape index (κ3) is 3.54. The maximum absolute atomic E-state index is 5.64. The van der Waals surface area contributed by atoms with E-state index in [2.05, 4.69) is 35.2 Å². The number of rotatable bonds is 6. The Balaban J connectivity index is 2.27. The zero-order valence-electron chi connectivity index (χ0n) is 12.3. The van der Waals surface area contributed by atoms with Crippen LogP contribution >= 0.6 is 0 Å². The van der Waals surface area contributed by atoms with Crippen molar-refractivity contribution in [1.82, 2.24) is 15.3 Å². The SMILES string of the molecule is CCCOc1cncc(C(NC)c2cc(C)ccn2)c1. The van der Waals surface area contributed by atoms with Gasteiger partial charge in [-0.15, -0.1) is 0 Å². The number of aromatic nitrogens is 2. The van der Waals surface area contributed by atoms with Crippen molar-refractivity contribution in [2.75, 3.05) is 13.7 Å². The summed E-state index contributed by atoms with van der Waals surface area (Å²) in [5, 5.41) is 3.29. The molecule has 2 heterocycles. The second kappa shape index (κ2) is 7.01. The number of nitrogens with one attached hydrogen (secondary N) is 1. The summed E-state index contributed by atoms with van der Waals surface area (Å²) in [6.07, 6.45) is 6.42. The van der Waals surface area contributed by atoms with E-state index in [9.17, 15) is 0 Å². The Labute approximate surface area is 120 Å². The van der Waals surface area contributed by atoms with Crippen LogP contribution in [0.5, 0.6) is 5.75 Å². The molecule has 0 amide bonds. The van der Waals surface area contributed by atoms with Gasteiger partial charge in [0.25, 0.3) is 0 Å². The molecule has 0 bridgehead atoms. The zero-order valence-corrected chi connectivity index (χ0v) is 12.3. The van der Waals surface area contributed by atoms with Crippen LogP contribution in [0.4, 0.5) is 0 Å². The van der Waals surface area contributed by atoms with Gasteiger partial charge in [-0.25, -0.2) is 0 Å². The first kappa shape index (κ1) is 14.5. The zero-order chi connectivity index (χ0) is 14.4. The van der Waals surface area contributed by atoms with Gasteiger partial charge < -0.3 is 10.1 Å². The second-order valence-corrected chi connectivity index (χ2v) is 4.78. The van der Waals surface area contributed by atoms with Gasteiger partial charge in [0.15, 0.2) is 0 Å². The molecular formula is C16H21N3O. The Morgan fingerprint density at radius 2 is 2.15 bits per heavy atom. The fourth-order valence-corrected chi connectivity index (χ4v) is 2.10. The topological polar surface area (TPSA) is 47.0 Å². The van der Waals surface area contributed by atoms with Gasteiger partial charge in [0.05, 0.1) is 24.5 Å². The molecule has 4 nitrogen and oxygen atoms in total. The molecule has 0 aliphatic carbocycles. The highest BCUT2D eigenvalue weighted by atomic mass is 16.5. The fraction of sp³-hybridized carbons (Fsp3) is 0.375. The van der Waals surface area contributed by atoms with E-state index < -0.39 is 0 Å². The van der Waals surface area contributed by atoms with Crippen molar-refractivity contribution in [3.63, 3.8) is 0 Å². The average Bonchev–Trinajstić information content (AvgIpc) is 2.46. The summed E-state index contributed by atoms with van der Waals surface area (Å²) in [6, 6.07) is 6.12. The Bertz CT molecular complexity index is 557.